The number of benzene rings is 2. The molecule has 1 aliphatic carbocycles. The lowest BCUT2D eigenvalue weighted by Gasteiger charge is -2.18. The largest absolute Gasteiger partial charge is 0.399 e. The number of aliphatic hydroxyl groups is 1. The molecule has 0 radical (unpaired) electrons. The minimum absolute atomic E-state index is 0.183. The highest BCUT2D eigenvalue weighted by Crippen LogP contribution is 2.34. The normalized spacial score (nSPS) is 20.8. The van der Waals surface area contributed by atoms with Crippen molar-refractivity contribution in [3.05, 3.63) is 59.2 Å². The van der Waals surface area contributed by atoms with E-state index in [1.165, 1.54) is 0 Å². The van der Waals surface area contributed by atoms with Gasteiger partial charge >= 0.3 is 0 Å². The number of fused-ring (bicyclic) bond motifs is 1. The van der Waals surface area contributed by atoms with Gasteiger partial charge in [0, 0.05) is 12.1 Å². The van der Waals surface area contributed by atoms with Gasteiger partial charge in [-0.15, -0.1) is 0 Å². The van der Waals surface area contributed by atoms with Gasteiger partial charge in [0.05, 0.1) is 17.0 Å². The molecule has 0 saturated heterocycles. The van der Waals surface area contributed by atoms with E-state index < -0.39 is 22.2 Å². The van der Waals surface area contributed by atoms with Crippen molar-refractivity contribution in [1.29, 1.82) is 0 Å². The predicted molar refractivity (Wildman–Crippen MR) is 84.8 cm³/mol. The minimum atomic E-state index is -3.70. The Balaban J connectivity index is 1.93. The highest BCUT2D eigenvalue weighted by Gasteiger charge is 2.34. The Bertz CT molecular complexity index is 801. The molecule has 3 rings (SSSR count). The van der Waals surface area contributed by atoms with Gasteiger partial charge in [0.2, 0.25) is 10.0 Å². The van der Waals surface area contributed by atoms with Crippen LogP contribution in [0.3, 0.4) is 0 Å². The molecule has 2 aromatic rings. The lowest BCUT2D eigenvalue weighted by atomic mass is 10.1. The van der Waals surface area contributed by atoms with E-state index >= 15 is 0 Å². The second-order valence-electron chi connectivity index (χ2n) is 5.64. The van der Waals surface area contributed by atoms with Crippen LogP contribution in [0, 0.1) is 6.92 Å². The van der Waals surface area contributed by atoms with Crippen LogP contribution in [0.25, 0.3) is 0 Å². The topological polar surface area (TPSA) is 92.4 Å². The van der Waals surface area contributed by atoms with Crippen molar-refractivity contribution in [2.75, 3.05) is 5.73 Å². The van der Waals surface area contributed by atoms with E-state index in [-0.39, 0.29) is 4.90 Å². The molecule has 6 heteroatoms. The lowest BCUT2D eigenvalue weighted by Crippen LogP contribution is -2.33. The smallest absolute Gasteiger partial charge is 0.241 e. The third-order valence-electron chi connectivity index (χ3n) is 3.93. The second-order valence-corrected chi connectivity index (χ2v) is 7.36. The molecule has 22 heavy (non-hydrogen) atoms. The molecule has 0 aromatic heterocycles. The zero-order valence-electron chi connectivity index (χ0n) is 12.2. The minimum Gasteiger partial charge on any atom is -0.399 e. The summed E-state index contributed by atoms with van der Waals surface area (Å²) in [5.41, 5.74) is 8.96. The van der Waals surface area contributed by atoms with E-state index in [1.54, 1.807) is 36.4 Å². The molecule has 5 nitrogen and oxygen atoms in total. The maximum Gasteiger partial charge on any atom is 0.241 e. The number of nitrogens with one attached hydrogen (secondary N) is 1. The first-order valence-electron chi connectivity index (χ1n) is 7.02. The van der Waals surface area contributed by atoms with Crippen LogP contribution in [0.4, 0.5) is 5.69 Å². The van der Waals surface area contributed by atoms with Gasteiger partial charge in [-0.2, -0.15) is 0 Å². The molecule has 2 aromatic carbocycles. The molecule has 2 atom stereocenters. The summed E-state index contributed by atoms with van der Waals surface area (Å²) >= 11 is 0. The zero-order chi connectivity index (χ0) is 15.9. The van der Waals surface area contributed by atoms with E-state index in [9.17, 15) is 13.5 Å². The lowest BCUT2D eigenvalue weighted by molar-refractivity contribution is 0.151. The van der Waals surface area contributed by atoms with Crippen molar-refractivity contribution in [1.82, 2.24) is 4.72 Å². The fourth-order valence-corrected chi connectivity index (χ4v) is 3.98. The monoisotopic (exact) mass is 318 g/mol. The Morgan fingerprint density at radius 2 is 1.86 bits per heavy atom. The summed E-state index contributed by atoms with van der Waals surface area (Å²) < 4.78 is 27.6. The first kappa shape index (κ1) is 15.0. The van der Waals surface area contributed by atoms with Crippen molar-refractivity contribution in [2.45, 2.75) is 30.4 Å². The molecular formula is C16H18N2O3S. The highest BCUT2D eigenvalue weighted by molar-refractivity contribution is 7.89. The van der Waals surface area contributed by atoms with Crippen molar-refractivity contribution in [3.8, 4) is 0 Å². The Kier molecular flexibility index (Phi) is 3.68. The molecule has 0 amide bonds. The molecule has 0 unspecified atom stereocenters. The van der Waals surface area contributed by atoms with Crippen LogP contribution < -0.4 is 10.5 Å². The number of hydrogen-bond donors (Lipinski definition) is 3. The van der Waals surface area contributed by atoms with Crippen molar-refractivity contribution in [3.63, 3.8) is 0 Å². The average molecular weight is 318 g/mol. The van der Waals surface area contributed by atoms with Crippen LogP contribution in [0.15, 0.2) is 47.4 Å². The van der Waals surface area contributed by atoms with Gasteiger partial charge in [-0.05, 0) is 42.3 Å². The van der Waals surface area contributed by atoms with Crippen LogP contribution in [-0.2, 0) is 16.4 Å². The summed E-state index contributed by atoms with van der Waals surface area (Å²) in [5.74, 6) is 0. The Hall–Kier alpha value is -1.89. The fourth-order valence-electron chi connectivity index (χ4n) is 2.73. The van der Waals surface area contributed by atoms with Crippen LogP contribution in [-0.4, -0.2) is 19.6 Å². The fraction of sp³-hybridized carbons (Fsp3) is 0.250. The second kappa shape index (κ2) is 5.39. The summed E-state index contributed by atoms with van der Waals surface area (Å²) in [6, 6.07) is 11.2. The van der Waals surface area contributed by atoms with Gasteiger partial charge in [-0.25, -0.2) is 13.1 Å². The standard InChI is InChI=1S/C16H18N2O3S/c1-10-2-6-13(7-3-10)22(20,21)18-16-14-9-12(17)5-4-11(14)8-15(16)19/h2-7,9,15-16,18-19H,8,17H2,1H3/t15-,16-/m1/s1. The van der Waals surface area contributed by atoms with Crippen molar-refractivity contribution in [2.24, 2.45) is 0 Å². The molecule has 0 aliphatic heterocycles. The van der Waals surface area contributed by atoms with Gasteiger partial charge in [0.1, 0.15) is 0 Å². The SMILES string of the molecule is Cc1ccc(S(=O)(=O)N[C@@H]2c3cc(N)ccc3C[C@H]2O)cc1. The summed E-state index contributed by atoms with van der Waals surface area (Å²) in [4.78, 5) is 0.183. The van der Waals surface area contributed by atoms with Gasteiger partial charge in [0.25, 0.3) is 0 Å². The number of nitrogen functional groups attached to an aromatic ring is 1. The molecule has 0 spiro atoms. The molecule has 0 heterocycles. The number of sulfonamides is 1. The van der Waals surface area contributed by atoms with E-state index in [4.69, 9.17) is 5.73 Å². The third kappa shape index (κ3) is 2.72. The highest BCUT2D eigenvalue weighted by atomic mass is 32.2. The van der Waals surface area contributed by atoms with Crippen molar-refractivity contribution >= 4 is 15.7 Å². The molecule has 0 saturated carbocycles. The molecular weight excluding hydrogens is 300 g/mol. The van der Waals surface area contributed by atoms with Gasteiger partial charge in [-0.1, -0.05) is 23.8 Å². The Labute approximate surface area is 129 Å². The van der Waals surface area contributed by atoms with E-state index in [0.717, 1.165) is 16.7 Å². The maximum absolute atomic E-state index is 12.5. The van der Waals surface area contributed by atoms with Crippen LogP contribution in [0.2, 0.25) is 0 Å². The average Bonchev–Trinajstić information content (AvgIpc) is 2.75. The van der Waals surface area contributed by atoms with Crippen LogP contribution >= 0.6 is 0 Å². The number of nitrogens with two attached hydrogens (primary N) is 1. The zero-order valence-corrected chi connectivity index (χ0v) is 13.0. The third-order valence-corrected chi connectivity index (χ3v) is 5.39. The number of anilines is 1. The number of aryl methyl sites for hydroxylation is 1. The van der Waals surface area contributed by atoms with Gasteiger partial charge in [-0.3, -0.25) is 0 Å². The number of rotatable bonds is 3. The van der Waals surface area contributed by atoms with Gasteiger partial charge in [0.15, 0.2) is 0 Å². The summed E-state index contributed by atoms with van der Waals surface area (Å²) in [7, 11) is -3.70. The molecule has 1 aliphatic rings. The molecule has 4 N–H and O–H groups in total. The summed E-state index contributed by atoms with van der Waals surface area (Å²) in [6.45, 7) is 1.89. The quantitative estimate of drug-likeness (QED) is 0.748. The van der Waals surface area contributed by atoms with Gasteiger partial charge < -0.3 is 10.8 Å². The predicted octanol–water partition coefficient (Wildman–Crippen LogP) is 1.51. The van der Waals surface area contributed by atoms with Crippen LogP contribution in [0.5, 0.6) is 0 Å². The summed E-state index contributed by atoms with van der Waals surface area (Å²) in [6.07, 6.45) is -0.381. The first-order chi connectivity index (χ1) is 10.4. The maximum atomic E-state index is 12.5. The number of aliphatic hydroxyl groups excluding tert-OH is 1. The first-order valence-corrected chi connectivity index (χ1v) is 8.50. The summed E-state index contributed by atoms with van der Waals surface area (Å²) in [5, 5.41) is 10.2. The molecule has 116 valence electrons. The molecule has 0 bridgehead atoms. The molecule has 0 fully saturated rings. The number of hydrogen-bond acceptors (Lipinski definition) is 4. The Morgan fingerprint density at radius 1 is 1.18 bits per heavy atom. The van der Waals surface area contributed by atoms with Crippen molar-refractivity contribution < 1.29 is 13.5 Å². The van der Waals surface area contributed by atoms with E-state index in [2.05, 4.69) is 4.72 Å². The van der Waals surface area contributed by atoms with E-state index in [0.29, 0.717) is 12.1 Å². The van der Waals surface area contributed by atoms with E-state index in [1.807, 2.05) is 13.0 Å². The van der Waals surface area contributed by atoms with Crippen LogP contribution in [0.1, 0.15) is 22.7 Å². The Morgan fingerprint density at radius 3 is 2.55 bits per heavy atom.